The quantitative estimate of drug-likeness (QED) is 0.288. The van der Waals surface area contributed by atoms with Crippen molar-refractivity contribution in [3.63, 3.8) is 0 Å². The minimum absolute atomic E-state index is 0. The van der Waals surface area contributed by atoms with E-state index in [9.17, 15) is 4.79 Å². The van der Waals surface area contributed by atoms with E-state index in [0.717, 1.165) is 25.6 Å². The molecule has 0 radical (unpaired) electrons. The van der Waals surface area contributed by atoms with E-state index < -0.39 is 0 Å². The Bertz CT molecular complexity index is 619. The fourth-order valence-corrected chi connectivity index (χ4v) is 2.92. The van der Waals surface area contributed by atoms with Crippen molar-refractivity contribution in [2.24, 2.45) is 10.4 Å². The van der Waals surface area contributed by atoms with Crippen molar-refractivity contribution < 1.29 is 9.53 Å². The minimum atomic E-state index is -0.110. The summed E-state index contributed by atoms with van der Waals surface area (Å²) in [4.78, 5) is 19.1. The maximum absolute atomic E-state index is 12.2. The van der Waals surface area contributed by atoms with Crippen LogP contribution in [0.2, 0.25) is 0 Å². The summed E-state index contributed by atoms with van der Waals surface area (Å²) < 4.78 is 5.15. The van der Waals surface area contributed by atoms with Crippen molar-refractivity contribution in [3.8, 4) is 5.75 Å². The molecule has 0 bridgehead atoms. The summed E-state index contributed by atoms with van der Waals surface area (Å²) in [6.07, 6.45) is 1.17. The molecule has 146 valence electrons. The largest absolute Gasteiger partial charge is 0.497 e. The van der Waals surface area contributed by atoms with Gasteiger partial charge in [-0.25, -0.2) is 0 Å². The molecule has 0 unspecified atom stereocenters. The van der Waals surface area contributed by atoms with Crippen LogP contribution in [0.1, 0.15) is 37.6 Å². The number of ether oxygens (including phenoxy) is 1. The van der Waals surface area contributed by atoms with Gasteiger partial charge in [0.15, 0.2) is 5.96 Å². The average Bonchev–Trinajstić information content (AvgIpc) is 2.97. The molecule has 1 amide bonds. The Balaban J connectivity index is 0.00000338. The number of hydrogen-bond donors (Lipinski definition) is 2. The second kappa shape index (κ2) is 10.6. The highest BCUT2D eigenvalue weighted by Crippen LogP contribution is 2.28. The van der Waals surface area contributed by atoms with Crippen molar-refractivity contribution in [1.29, 1.82) is 0 Å². The van der Waals surface area contributed by atoms with E-state index in [4.69, 9.17) is 4.74 Å². The Hall–Kier alpha value is -1.51. The molecule has 0 spiro atoms. The third-order valence-electron chi connectivity index (χ3n) is 4.30. The molecule has 6 nitrogen and oxygen atoms in total. The van der Waals surface area contributed by atoms with E-state index in [1.165, 1.54) is 6.42 Å². The van der Waals surface area contributed by atoms with Gasteiger partial charge in [0.25, 0.3) is 5.91 Å². The molecule has 1 aliphatic heterocycles. The van der Waals surface area contributed by atoms with Crippen molar-refractivity contribution in [2.75, 3.05) is 39.8 Å². The summed E-state index contributed by atoms with van der Waals surface area (Å²) >= 11 is 0. The second-order valence-corrected chi connectivity index (χ2v) is 7.06. The minimum Gasteiger partial charge on any atom is -0.497 e. The van der Waals surface area contributed by atoms with Crippen LogP contribution in [0.5, 0.6) is 5.75 Å². The molecule has 2 N–H and O–H groups in total. The number of methoxy groups -OCH3 is 1. The number of nitrogens with zero attached hydrogens (tertiary/aromatic N) is 2. The Morgan fingerprint density at radius 2 is 2.12 bits per heavy atom. The van der Waals surface area contributed by atoms with E-state index in [0.29, 0.717) is 29.8 Å². The molecular formula is C19H31IN4O2. The first-order chi connectivity index (χ1) is 11.9. The fraction of sp³-hybridized carbons (Fsp3) is 0.579. The number of carbonyl (C=O) groups is 1. The van der Waals surface area contributed by atoms with Gasteiger partial charge in [0.05, 0.1) is 13.7 Å². The van der Waals surface area contributed by atoms with Gasteiger partial charge < -0.3 is 20.3 Å². The SMILES string of the molecule is CCNC(=NCCNC(=O)c1cccc(OC)c1)N1CCC(C)(C)C1.I. The van der Waals surface area contributed by atoms with Crippen molar-refractivity contribution in [2.45, 2.75) is 27.2 Å². The van der Waals surface area contributed by atoms with E-state index in [-0.39, 0.29) is 29.9 Å². The monoisotopic (exact) mass is 474 g/mol. The van der Waals surface area contributed by atoms with Crippen LogP contribution in [-0.4, -0.2) is 56.6 Å². The fourth-order valence-electron chi connectivity index (χ4n) is 2.92. The van der Waals surface area contributed by atoms with Gasteiger partial charge in [0.1, 0.15) is 5.75 Å². The lowest BCUT2D eigenvalue weighted by Crippen LogP contribution is -2.41. The van der Waals surface area contributed by atoms with E-state index in [1.807, 2.05) is 12.1 Å². The zero-order chi connectivity index (χ0) is 18.3. The number of rotatable bonds is 6. The van der Waals surface area contributed by atoms with Gasteiger partial charge in [0, 0.05) is 31.7 Å². The summed E-state index contributed by atoms with van der Waals surface area (Å²) in [6.45, 7) is 10.6. The van der Waals surface area contributed by atoms with E-state index in [2.05, 4.69) is 41.3 Å². The van der Waals surface area contributed by atoms with E-state index >= 15 is 0 Å². The standard InChI is InChI=1S/C19H30N4O2.HI/c1-5-20-18(23-12-9-19(2,3)14-23)22-11-10-21-17(24)15-7-6-8-16(13-15)25-4;/h6-8,13H,5,9-12,14H2,1-4H3,(H,20,22)(H,21,24);1H. The maximum Gasteiger partial charge on any atom is 0.251 e. The van der Waals surface area contributed by atoms with Crippen LogP contribution in [0, 0.1) is 5.41 Å². The van der Waals surface area contributed by atoms with Gasteiger partial charge in [-0.15, -0.1) is 24.0 Å². The third-order valence-corrected chi connectivity index (χ3v) is 4.30. The molecule has 0 aromatic heterocycles. The summed E-state index contributed by atoms with van der Waals surface area (Å²) in [5, 5.41) is 6.25. The highest BCUT2D eigenvalue weighted by atomic mass is 127. The highest BCUT2D eigenvalue weighted by Gasteiger charge is 2.30. The number of likely N-dealkylation sites (tertiary alicyclic amines) is 1. The van der Waals surface area contributed by atoms with Crippen LogP contribution in [0.15, 0.2) is 29.3 Å². The number of guanidine groups is 1. The Morgan fingerprint density at radius 3 is 2.73 bits per heavy atom. The van der Waals surface area contributed by atoms with E-state index in [1.54, 1.807) is 19.2 Å². The van der Waals surface area contributed by atoms with Crippen LogP contribution >= 0.6 is 24.0 Å². The van der Waals surface area contributed by atoms with Gasteiger partial charge >= 0.3 is 0 Å². The lowest BCUT2D eigenvalue weighted by atomic mass is 9.93. The molecule has 0 aliphatic carbocycles. The van der Waals surface area contributed by atoms with Gasteiger partial charge in [-0.3, -0.25) is 9.79 Å². The zero-order valence-corrected chi connectivity index (χ0v) is 18.5. The van der Waals surface area contributed by atoms with Crippen molar-refractivity contribution in [3.05, 3.63) is 29.8 Å². The van der Waals surface area contributed by atoms with Crippen LogP contribution in [0.4, 0.5) is 0 Å². The van der Waals surface area contributed by atoms with Gasteiger partial charge in [0.2, 0.25) is 0 Å². The smallest absolute Gasteiger partial charge is 0.251 e. The summed E-state index contributed by atoms with van der Waals surface area (Å²) in [5.74, 6) is 1.50. The van der Waals surface area contributed by atoms with Crippen LogP contribution in [-0.2, 0) is 0 Å². The third kappa shape index (κ3) is 6.66. The number of carbonyl (C=O) groups excluding carboxylic acids is 1. The Kier molecular flexibility index (Phi) is 9.18. The molecule has 2 rings (SSSR count). The molecule has 0 atom stereocenters. The number of amides is 1. The normalized spacial score (nSPS) is 16.0. The summed E-state index contributed by atoms with van der Waals surface area (Å²) in [5.41, 5.74) is 0.924. The highest BCUT2D eigenvalue weighted by molar-refractivity contribution is 14.0. The molecule has 1 fully saturated rings. The number of hydrogen-bond acceptors (Lipinski definition) is 3. The van der Waals surface area contributed by atoms with Gasteiger partial charge in [-0.1, -0.05) is 19.9 Å². The van der Waals surface area contributed by atoms with Crippen LogP contribution in [0.25, 0.3) is 0 Å². The summed E-state index contributed by atoms with van der Waals surface area (Å²) in [7, 11) is 1.59. The zero-order valence-electron chi connectivity index (χ0n) is 16.2. The lowest BCUT2D eigenvalue weighted by Gasteiger charge is -2.23. The summed E-state index contributed by atoms with van der Waals surface area (Å²) in [6, 6.07) is 7.14. The van der Waals surface area contributed by atoms with Crippen LogP contribution < -0.4 is 15.4 Å². The number of aliphatic imine (C=N–C) groups is 1. The molecule has 7 heteroatoms. The second-order valence-electron chi connectivity index (χ2n) is 7.06. The molecule has 26 heavy (non-hydrogen) atoms. The molecule has 0 saturated carbocycles. The first-order valence-corrected chi connectivity index (χ1v) is 8.91. The van der Waals surface area contributed by atoms with Gasteiger partial charge in [-0.2, -0.15) is 0 Å². The molecular weight excluding hydrogens is 443 g/mol. The number of benzene rings is 1. The molecule has 1 heterocycles. The Labute approximate surface area is 173 Å². The number of nitrogens with one attached hydrogen (secondary N) is 2. The topological polar surface area (TPSA) is 66.0 Å². The first kappa shape index (κ1) is 22.5. The average molecular weight is 474 g/mol. The predicted octanol–water partition coefficient (Wildman–Crippen LogP) is 2.74. The molecule has 1 aromatic rings. The maximum atomic E-state index is 12.2. The first-order valence-electron chi connectivity index (χ1n) is 8.91. The molecule has 1 saturated heterocycles. The van der Waals surface area contributed by atoms with Crippen LogP contribution in [0.3, 0.4) is 0 Å². The molecule has 1 aliphatic rings. The lowest BCUT2D eigenvalue weighted by molar-refractivity contribution is 0.0954. The Morgan fingerprint density at radius 1 is 1.35 bits per heavy atom. The van der Waals surface area contributed by atoms with Crippen molar-refractivity contribution >= 4 is 35.8 Å². The van der Waals surface area contributed by atoms with Crippen molar-refractivity contribution in [1.82, 2.24) is 15.5 Å². The predicted molar refractivity (Wildman–Crippen MR) is 117 cm³/mol. The molecule has 1 aromatic carbocycles. The van der Waals surface area contributed by atoms with Gasteiger partial charge in [-0.05, 0) is 37.0 Å². The number of halogens is 1.